The first-order chi connectivity index (χ1) is 23.4. The van der Waals surface area contributed by atoms with Gasteiger partial charge in [-0.05, 0) is 190 Å². The van der Waals surface area contributed by atoms with E-state index in [1.807, 2.05) is 0 Å². The van der Waals surface area contributed by atoms with E-state index in [4.69, 9.17) is 37.1 Å². The molecule has 0 aromatic carbocycles. The van der Waals surface area contributed by atoms with E-state index >= 15 is 0 Å². The lowest BCUT2D eigenvalue weighted by atomic mass is 9.43. The maximum Gasteiger partial charge on any atom is 0.0611 e. The Hall–Kier alpha value is -0.360. The minimum atomic E-state index is 0.249. The van der Waals surface area contributed by atoms with Gasteiger partial charge in [0.05, 0.1) is 18.8 Å². The molecule has 0 radical (unpaired) electrons. The van der Waals surface area contributed by atoms with Crippen LogP contribution in [0.1, 0.15) is 110 Å². The highest BCUT2D eigenvalue weighted by molar-refractivity contribution is 5.13. The molecule has 10 atom stereocenters. The summed E-state index contributed by atoms with van der Waals surface area (Å²) in [6.45, 7) is 15.7. The predicted molar refractivity (Wildman–Crippen MR) is 199 cm³/mol. The minimum absolute atomic E-state index is 0.249. The van der Waals surface area contributed by atoms with Gasteiger partial charge in [-0.1, -0.05) is 13.8 Å². The summed E-state index contributed by atoms with van der Waals surface area (Å²) < 4.78 is 19.9. The summed E-state index contributed by atoms with van der Waals surface area (Å²) in [5.74, 6) is 4.09. The van der Waals surface area contributed by atoms with Gasteiger partial charge in [-0.3, -0.25) is 0 Å². The number of fused-ring (bicyclic) bond motifs is 5. The van der Waals surface area contributed by atoms with Gasteiger partial charge in [-0.25, -0.2) is 0 Å². The van der Waals surface area contributed by atoms with Crippen LogP contribution in [0.5, 0.6) is 0 Å². The van der Waals surface area contributed by atoms with Crippen molar-refractivity contribution in [3.63, 3.8) is 0 Å². The van der Waals surface area contributed by atoms with E-state index in [2.05, 4.69) is 24.5 Å². The molecule has 0 amide bonds. The molecule has 4 saturated carbocycles. The third-order valence-electron chi connectivity index (χ3n) is 13.6. The van der Waals surface area contributed by atoms with Crippen molar-refractivity contribution in [2.45, 2.75) is 122 Å². The molecular weight excluding hydrogens is 600 g/mol. The van der Waals surface area contributed by atoms with Crippen molar-refractivity contribution < 1.29 is 14.2 Å². The zero-order valence-electron chi connectivity index (χ0n) is 31.2. The molecule has 4 fully saturated rings. The van der Waals surface area contributed by atoms with Crippen molar-refractivity contribution >= 4 is 0 Å². The lowest BCUT2D eigenvalue weighted by Gasteiger charge is -2.63. The Morgan fingerprint density at radius 1 is 0.688 bits per heavy atom. The van der Waals surface area contributed by atoms with Crippen LogP contribution in [0.4, 0.5) is 0 Å². The molecule has 4 rings (SSSR count). The molecule has 282 valence electrons. The fraction of sp³-hybridized carbons (Fsp3) is 1.00. The molecule has 0 saturated heterocycles. The average Bonchev–Trinajstić information content (AvgIpc) is 3.48. The van der Waals surface area contributed by atoms with Gasteiger partial charge in [0, 0.05) is 25.2 Å². The van der Waals surface area contributed by atoms with Gasteiger partial charge in [0.25, 0.3) is 0 Å². The SMILES string of the molecule is C[C@H](CCCNCCCNCCCN)C1CCC2C3C(CC[C@@]21COCCCN)[C@@]1(C)CC[C@@H](OCCCN)CC1C[C@H]3OCCCN. The smallest absolute Gasteiger partial charge is 0.0611 e. The van der Waals surface area contributed by atoms with E-state index < -0.39 is 0 Å². The van der Waals surface area contributed by atoms with Crippen LogP contribution >= 0.6 is 0 Å². The summed E-state index contributed by atoms with van der Waals surface area (Å²) in [5.41, 5.74) is 23.9. The lowest BCUT2D eigenvalue weighted by Crippen LogP contribution is -2.60. The highest BCUT2D eigenvalue weighted by Crippen LogP contribution is 2.69. The van der Waals surface area contributed by atoms with Crippen molar-refractivity contribution in [2.24, 2.45) is 69.3 Å². The molecule has 0 heterocycles. The maximum atomic E-state index is 6.94. The molecular formula is C39H78N6O3. The summed E-state index contributed by atoms with van der Waals surface area (Å²) in [6.07, 6.45) is 18.4. The number of nitrogens with one attached hydrogen (secondary N) is 2. The fourth-order valence-electron chi connectivity index (χ4n) is 11.1. The first-order valence-corrected chi connectivity index (χ1v) is 20.5. The zero-order chi connectivity index (χ0) is 34.2. The Kier molecular flexibility index (Phi) is 17.9. The molecule has 0 aromatic rings. The second-order valence-corrected chi connectivity index (χ2v) is 16.5. The van der Waals surface area contributed by atoms with Crippen molar-refractivity contribution in [3.05, 3.63) is 0 Å². The Balaban J connectivity index is 1.44. The average molecular weight is 679 g/mol. The number of nitrogens with two attached hydrogens (primary N) is 4. The zero-order valence-corrected chi connectivity index (χ0v) is 31.2. The van der Waals surface area contributed by atoms with Crippen LogP contribution in [0.3, 0.4) is 0 Å². The predicted octanol–water partition coefficient (Wildman–Crippen LogP) is 4.40. The molecule has 0 bridgehead atoms. The molecule has 4 aliphatic carbocycles. The third kappa shape index (κ3) is 10.4. The van der Waals surface area contributed by atoms with E-state index in [1.165, 1.54) is 70.6 Å². The molecule has 9 nitrogen and oxygen atoms in total. The van der Waals surface area contributed by atoms with Gasteiger partial charge in [0.1, 0.15) is 0 Å². The van der Waals surface area contributed by atoms with Crippen LogP contribution in [-0.2, 0) is 14.2 Å². The van der Waals surface area contributed by atoms with Crippen LogP contribution in [0.2, 0.25) is 0 Å². The second kappa shape index (κ2) is 21.2. The summed E-state index contributed by atoms with van der Waals surface area (Å²) in [5, 5.41) is 7.20. The van der Waals surface area contributed by atoms with Crippen molar-refractivity contribution in [3.8, 4) is 0 Å². The van der Waals surface area contributed by atoms with E-state index in [0.29, 0.717) is 66.8 Å². The minimum Gasteiger partial charge on any atom is -0.381 e. The summed E-state index contributed by atoms with van der Waals surface area (Å²) in [6, 6.07) is 0. The highest BCUT2D eigenvalue weighted by Gasteiger charge is 2.64. The van der Waals surface area contributed by atoms with Crippen molar-refractivity contribution in [2.75, 3.05) is 78.8 Å². The molecule has 0 aromatic heterocycles. The van der Waals surface area contributed by atoms with Gasteiger partial charge < -0.3 is 47.8 Å². The molecule has 9 heteroatoms. The summed E-state index contributed by atoms with van der Waals surface area (Å²) >= 11 is 0. The highest BCUT2D eigenvalue weighted by atomic mass is 16.5. The van der Waals surface area contributed by atoms with Crippen LogP contribution in [-0.4, -0.2) is 91.0 Å². The van der Waals surface area contributed by atoms with Crippen molar-refractivity contribution in [1.29, 1.82) is 0 Å². The van der Waals surface area contributed by atoms with E-state index in [0.717, 1.165) is 90.8 Å². The third-order valence-corrected chi connectivity index (χ3v) is 13.6. The molecule has 48 heavy (non-hydrogen) atoms. The first-order valence-electron chi connectivity index (χ1n) is 20.5. The summed E-state index contributed by atoms with van der Waals surface area (Å²) in [7, 11) is 0. The Morgan fingerprint density at radius 2 is 1.35 bits per heavy atom. The molecule has 10 N–H and O–H groups in total. The first kappa shape index (κ1) is 40.4. The van der Waals surface area contributed by atoms with Gasteiger partial charge in [0.15, 0.2) is 0 Å². The van der Waals surface area contributed by atoms with Gasteiger partial charge in [-0.15, -0.1) is 0 Å². The van der Waals surface area contributed by atoms with E-state index in [1.54, 1.807) is 0 Å². The van der Waals surface area contributed by atoms with Crippen LogP contribution in [0, 0.1) is 46.3 Å². The number of ether oxygens (including phenoxy) is 3. The topological polar surface area (TPSA) is 156 Å². The fourth-order valence-corrected chi connectivity index (χ4v) is 11.1. The number of hydrogen-bond donors (Lipinski definition) is 6. The maximum absolute atomic E-state index is 6.94. The Bertz CT molecular complexity index is 870. The molecule has 0 aliphatic heterocycles. The van der Waals surface area contributed by atoms with Crippen LogP contribution in [0.25, 0.3) is 0 Å². The largest absolute Gasteiger partial charge is 0.381 e. The molecule has 4 aliphatic rings. The normalized spacial score (nSPS) is 35.2. The summed E-state index contributed by atoms with van der Waals surface area (Å²) in [4.78, 5) is 0. The molecule has 5 unspecified atom stereocenters. The van der Waals surface area contributed by atoms with Gasteiger partial charge >= 0.3 is 0 Å². The monoisotopic (exact) mass is 679 g/mol. The van der Waals surface area contributed by atoms with Crippen LogP contribution in [0.15, 0.2) is 0 Å². The van der Waals surface area contributed by atoms with E-state index in [-0.39, 0.29) is 5.41 Å². The van der Waals surface area contributed by atoms with Gasteiger partial charge in [-0.2, -0.15) is 0 Å². The standard InChI is InChI=1S/C39H78N6O3/c1-30(9-3-20-44-22-8-23-45-21-4-16-40)33-10-11-35-37-34(13-15-39(33,35)29-46-24-5-17-41)38(2)14-12-32(47-25-6-18-42)27-31(38)28-36(37)48-26-7-19-43/h30-37,44-45H,3-29,40-43H2,1-2H3/t30-,31?,32-,33?,34?,35?,36-,37?,38+,39+/m1/s1. The Morgan fingerprint density at radius 3 is 2.08 bits per heavy atom. The van der Waals surface area contributed by atoms with Gasteiger partial charge in [0.2, 0.25) is 0 Å². The Labute approximate surface area is 294 Å². The van der Waals surface area contributed by atoms with Crippen molar-refractivity contribution in [1.82, 2.24) is 10.6 Å². The van der Waals surface area contributed by atoms with E-state index in [9.17, 15) is 0 Å². The lowest BCUT2D eigenvalue weighted by molar-refractivity contribution is -0.202. The number of rotatable bonds is 25. The second-order valence-electron chi connectivity index (χ2n) is 16.5. The number of hydrogen-bond acceptors (Lipinski definition) is 9. The molecule has 0 spiro atoms. The quantitative estimate of drug-likeness (QED) is 0.0771. The van der Waals surface area contributed by atoms with Crippen LogP contribution < -0.4 is 33.6 Å².